The summed E-state index contributed by atoms with van der Waals surface area (Å²) in [5, 5.41) is 10.6. The van der Waals surface area contributed by atoms with Crippen LogP contribution < -0.4 is 5.32 Å². The van der Waals surface area contributed by atoms with Crippen LogP contribution in [0.25, 0.3) is 21.5 Å². The summed E-state index contributed by atoms with van der Waals surface area (Å²) in [7, 11) is 0. The fourth-order valence-electron chi connectivity index (χ4n) is 3.21. The van der Waals surface area contributed by atoms with Crippen LogP contribution in [-0.4, -0.2) is 27.2 Å². The van der Waals surface area contributed by atoms with E-state index in [4.69, 9.17) is 0 Å². The molecule has 5 nitrogen and oxygen atoms in total. The lowest BCUT2D eigenvalue weighted by Gasteiger charge is -2.06. The zero-order valence-corrected chi connectivity index (χ0v) is 15.9. The zero-order chi connectivity index (χ0) is 18.6. The molecule has 4 rings (SSSR count). The van der Waals surface area contributed by atoms with Crippen LogP contribution >= 0.6 is 11.3 Å². The summed E-state index contributed by atoms with van der Waals surface area (Å²) in [6.07, 6.45) is 2.59. The van der Waals surface area contributed by atoms with Crippen LogP contribution in [-0.2, 0) is 17.8 Å². The van der Waals surface area contributed by atoms with Gasteiger partial charge in [0.05, 0.1) is 11.1 Å². The number of thiophene rings is 1. The number of nitrogens with zero attached hydrogens (tertiary/aromatic N) is 3. The first-order valence-electron chi connectivity index (χ1n) is 8.89. The van der Waals surface area contributed by atoms with Crippen LogP contribution in [0.2, 0.25) is 0 Å². The van der Waals surface area contributed by atoms with Crippen molar-refractivity contribution < 1.29 is 4.79 Å². The molecule has 0 aliphatic heterocycles. The summed E-state index contributed by atoms with van der Waals surface area (Å²) in [6.45, 7) is 2.74. The van der Waals surface area contributed by atoms with Gasteiger partial charge in [-0.05, 0) is 36.4 Å². The highest BCUT2D eigenvalue weighted by molar-refractivity contribution is 7.13. The lowest BCUT2D eigenvalue weighted by Crippen LogP contribution is -2.29. The van der Waals surface area contributed by atoms with E-state index in [9.17, 15) is 4.79 Å². The Bertz CT molecular complexity index is 1050. The smallest absolute Gasteiger partial charge is 0.241 e. The number of nitrogens with one attached hydrogen (secondary N) is 1. The van der Waals surface area contributed by atoms with Gasteiger partial charge in [0.15, 0.2) is 5.65 Å². The number of rotatable bonds is 6. The molecule has 0 bridgehead atoms. The van der Waals surface area contributed by atoms with E-state index in [-0.39, 0.29) is 12.5 Å². The molecule has 1 N–H and O–H groups in total. The van der Waals surface area contributed by atoms with Gasteiger partial charge in [-0.15, -0.1) is 11.3 Å². The van der Waals surface area contributed by atoms with E-state index in [1.165, 1.54) is 10.4 Å². The SMILES string of the molecule is Cc1nn(CC(=O)NCCc2ccccc2)c2nccc(-c3cccs3)c12. The number of fused-ring (bicyclic) bond motifs is 1. The van der Waals surface area contributed by atoms with Crippen LogP contribution in [0.4, 0.5) is 0 Å². The van der Waals surface area contributed by atoms with Gasteiger partial charge in [0.25, 0.3) is 0 Å². The predicted molar refractivity (Wildman–Crippen MR) is 109 cm³/mol. The molecular weight excluding hydrogens is 356 g/mol. The van der Waals surface area contributed by atoms with Gasteiger partial charge in [-0.25, -0.2) is 9.67 Å². The highest BCUT2D eigenvalue weighted by Crippen LogP contribution is 2.32. The molecule has 0 saturated carbocycles. The number of benzene rings is 1. The molecule has 3 aromatic heterocycles. The molecule has 4 aromatic rings. The normalized spacial score (nSPS) is 11.0. The Hall–Kier alpha value is -2.99. The number of hydrogen-bond donors (Lipinski definition) is 1. The monoisotopic (exact) mass is 376 g/mol. The van der Waals surface area contributed by atoms with Gasteiger partial charge in [0.1, 0.15) is 6.54 Å². The van der Waals surface area contributed by atoms with Crippen molar-refractivity contribution in [1.82, 2.24) is 20.1 Å². The van der Waals surface area contributed by atoms with Crippen molar-refractivity contribution in [1.29, 1.82) is 0 Å². The standard InChI is InChI=1S/C21H20N4OS/c1-15-20-17(18-8-5-13-27-18)10-12-23-21(20)25(24-15)14-19(26)22-11-9-16-6-3-2-4-7-16/h2-8,10,12-13H,9,11,14H2,1H3,(H,22,26). The molecule has 0 saturated heterocycles. The van der Waals surface area contributed by atoms with Crippen LogP contribution in [0.3, 0.4) is 0 Å². The fourth-order valence-corrected chi connectivity index (χ4v) is 3.97. The summed E-state index contributed by atoms with van der Waals surface area (Å²) in [6, 6.07) is 16.3. The summed E-state index contributed by atoms with van der Waals surface area (Å²) < 4.78 is 1.69. The van der Waals surface area contributed by atoms with E-state index in [1.54, 1.807) is 22.2 Å². The third kappa shape index (κ3) is 3.75. The van der Waals surface area contributed by atoms with Gasteiger partial charge in [-0.3, -0.25) is 4.79 Å². The second kappa shape index (κ2) is 7.72. The van der Waals surface area contributed by atoms with Gasteiger partial charge in [-0.1, -0.05) is 36.4 Å². The summed E-state index contributed by atoms with van der Waals surface area (Å²) in [5.41, 5.74) is 3.96. The molecule has 0 atom stereocenters. The summed E-state index contributed by atoms with van der Waals surface area (Å²) >= 11 is 1.69. The van der Waals surface area contributed by atoms with Crippen molar-refractivity contribution in [3.63, 3.8) is 0 Å². The third-order valence-electron chi connectivity index (χ3n) is 4.47. The van der Waals surface area contributed by atoms with Crippen molar-refractivity contribution in [3.05, 3.63) is 71.4 Å². The Morgan fingerprint density at radius 2 is 2.00 bits per heavy atom. The minimum Gasteiger partial charge on any atom is -0.354 e. The lowest BCUT2D eigenvalue weighted by molar-refractivity contribution is -0.121. The molecular formula is C21H20N4OS. The number of aryl methyl sites for hydroxylation is 1. The molecule has 27 heavy (non-hydrogen) atoms. The van der Waals surface area contributed by atoms with Crippen molar-refractivity contribution in [2.24, 2.45) is 0 Å². The van der Waals surface area contributed by atoms with E-state index in [2.05, 4.69) is 39.0 Å². The number of aromatic nitrogens is 3. The molecule has 0 aliphatic rings. The molecule has 0 spiro atoms. The van der Waals surface area contributed by atoms with Crippen LogP contribution in [0, 0.1) is 6.92 Å². The first-order valence-corrected chi connectivity index (χ1v) is 9.77. The molecule has 1 aromatic carbocycles. The van der Waals surface area contributed by atoms with Crippen molar-refractivity contribution >= 4 is 28.3 Å². The van der Waals surface area contributed by atoms with Crippen molar-refractivity contribution in [2.75, 3.05) is 6.54 Å². The minimum absolute atomic E-state index is 0.0568. The molecule has 0 radical (unpaired) electrons. The summed E-state index contributed by atoms with van der Waals surface area (Å²) in [5.74, 6) is -0.0568. The number of pyridine rings is 1. The largest absolute Gasteiger partial charge is 0.354 e. The average molecular weight is 376 g/mol. The highest BCUT2D eigenvalue weighted by atomic mass is 32.1. The quantitative estimate of drug-likeness (QED) is 0.556. The van der Waals surface area contributed by atoms with Crippen LogP contribution in [0.1, 0.15) is 11.3 Å². The molecule has 0 aliphatic carbocycles. The van der Waals surface area contributed by atoms with Gasteiger partial charge >= 0.3 is 0 Å². The van der Waals surface area contributed by atoms with Crippen molar-refractivity contribution in [3.8, 4) is 10.4 Å². The van der Waals surface area contributed by atoms with E-state index in [0.29, 0.717) is 6.54 Å². The lowest BCUT2D eigenvalue weighted by atomic mass is 10.1. The second-order valence-electron chi connectivity index (χ2n) is 6.36. The van der Waals surface area contributed by atoms with Crippen LogP contribution in [0.15, 0.2) is 60.1 Å². The van der Waals surface area contributed by atoms with Crippen LogP contribution in [0.5, 0.6) is 0 Å². The Morgan fingerprint density at radius 3 is 2.78 bits per heavy atom. The molecule has 6 heteroatoms. The Labute approximate surface area is 161 Å². The van der Waals surface area contributed by atoms with Gasteiger partial charge in [-0.2, -0.15) is 5.10 Å². The van der Waals surface area contributed by atoms with Crippen molar-refractivity contribution in [2.45, 2.75) is 19.9 Å². The number of amides is 1. The topological polar surface area (TPSA) is 59.8 Å². The van der Waals surface area contributed by atoms with E-state index in [1.807, 2.05) is 37.3 Å². The molecule has 0 fully saturated rings. The number of carbonyl (C=O) groups is 1. The zero-order valence-electron chi connectivity index (χ0n) is 15.1. The molecule has 0 unspecified atom stereocenters. The Morgan fingerprint density at radius 1 is 1.15 bits per heavy atom. The van der Waals surface area contributed by atoms with Gasteiger partial charge in [0, 0.05) is 23.2 Å². The Kier molecular flexibility index (Phi) is 4.98. The maximum atomic E-state index is 12.4. The first kappa shape index (κ1) is 17.4. The maximum Gasteiger partial charge on any atom is 0.241 e. The van der Waals surface area contributed by atoms with E-state index in [0.717, 1.165) is 28.7 Å². The minimum atomic E-state index is -0.0568. The maximum absolute atomic E-state index is 12.4. The fraction of sp³-hybridized carbons (Fsp3) is 0.190. The Balaban J connectivity index is 1.49. The predicted octanol–water partition coefficient (Wildman–Crippen LogP) is 3.83. The first-order chi connectivity index (χ1) is 13.2. The van der Waals surface area contributed by atoms with E-state index < -0.39 is 0 Å². The van der Waals surface area contributed by atoms with E-state index >= 15 is 0 Å². The molecule has 1 amide bonds. The van der Waals surface area contributed by atoms with Gasteiger partial charge < -0.3 is 5.32 Å². The third-order valence-corrected chi connectivity index (χ3v) is 5.37. The van der Waals surface area contributed by atoms with Gasteiger partial charge in [0.2, 0.25) is 5.91 Å². The highest BCUT2D eigenvalue weighted by Gasteiger charge is 2.16. The number of hydrogen-bond acceptors (Lipinski definition) is 4. The average Bonchev–Trinajstić information content (AvgIpc) is 3.32. The summed E-state index contributed by atoms with van der Waals surface area (Å²) in [4.78, 5) is 18.0. The molecule has 136 valence electrons. The molecule has 3 heterocycles. The number of carbonyl (C=O) groups excluding carboxylic acids is 1. The second-order valence-corrected chi connectivity index (χ2v) is 7.31.